The molecule has 0 bridgehead atoms. The van der Waals surface area contributed by atoms with Crippen molar-refractivity contribution in [3.8, 4) is 0 Å². The van der Waals surface area contributed by atoms with Crippen molar-refractivity contribution < 1.29 is 13.2 Å². The minimum Gasteiger partial charge on any atom is -0.315 e. The van der Waals surface area contributed by atoms with E-state index in [4.69, 9.17) is 0 Å². The molecule has 1 N–H and O–H groups in total. The van der Waals surface area contributed by atoms with Gasteiger partial charge in [-0.3, -0.25) is 0 Å². The van der Waals surface area contributed by atoms with Gasteiger partial charge in [0.15, 0.2) is 0 Å². The van der Waals surface area contributed by atoms with Crippen LogP contribution in [0.1, 0.15) is 20.3 Å². The summed E-state index contributed by atoms with van der Waals surface area (Å²) in [5, 5.41) is 3.02. The number of nitrogens with zero attached hydrogens (tertiary/aromatic N) is 1. The average Bonchev–Trinajstić information content (AvgIpc) is 2.20. The molecule has 6 heteroatoms. The molecule has 0 unspecified atom stereocenters. The molecule has 0 aliphatic heterocycles. The second kappa shape index (κ2) is 9.13. The third-order valence-corrected chi connectivity index (χ3v) is 2.87. The van der Waals surface area contributed by atoms with Gasteiger partial charge in [-0.25, -0.2) is 0 Å². The van der Waals surface area contributed by atoms with E-state index in [-0.39, 0.29) is 17.5 Å². The first-order valence-corrected chi connectivity index (χ1v) is 6.62. The lowest BCUT2D eigenvalue weighted by Gasteiger charge is -2.19. The molecule has 0 aliphatic carbocycles. The number of hydrogen-bond donors (Lipinski definition) is 1. The first-order chi connectivity index (χ1) is 7.49. The normalized spacial score (nSPS) is 12.4. The first-order valence-electron chi connectivity index (χ1n) is 5.63. The fourth-order valence-corrected chi connectivity index (χ4v) is 1.82. The quantitative estimate of drug-likeness (QED) is 0.640. The monoisotopic (exact) mass is 258 g/mol. The van der Waals surface area contributed by atoms with Gasteiger partial charge in [-0.05, 0) is 31.3 Å². The van der Waals surface area contributed by atoms with Gasteiger partial charge in [0.2, 0.25) is 0 Å². The fraction of sp³-hybridized carbons (Fsp3) is 1.00. The van der Waals surface area contributed by atoms with E-state index in [1.807, 2.05) is 0 Å². The Balaban J connectivity index is 3.32. The Morgan fingerprint density at radius 1 is 1.12 bits per heavy atom. The Kier molecular flexibility index (Phi) is 9.16. The van der Waals surface area contributed by atoms with Crippen LogP contribution in [0.25, 0.3) is 0 Å². The standard InChI is InChI=1S/C10H21F3N2S/c1-3-7-15(4-2)8-5-14-6-9-16-10(11,12)13/h14H,3-9H2,1-2H3. The highest BCUT2D eigenvalue weighted by Gasteiger charge is 2.27. The second-order valence-electron chi connectivity index (χ2n) is 3.48. The van der Waals surface area contributed by atoms with Crippen LogP contribution in [0, 0.1) is 0 Å². The van der Waals surface area contributed by atoms with E-state index in [2.05, 4.69) is 24.1 Å². The molecule has 0 aliphatic rings. The number of alkyl halides is 3. The van der Waals surface area contributed by atoms with Crippen LogP contribution >= 0.6 is 11.8 Å². The molecule has 0 aromatic heterocycles. The molecule has 98 valence electrons. The number of thioether (sulfide) groups is 1. The zero-order chi connectivity index (χ0) is 12.4. The summed E-state index contributed by atoms with van der Waals surface area (Å²) in [7, 11) is 0. The average molecular weight is 258 g/mol. The molecule has 0 saturated carbocycles. The number of halogens is 3. The van der Waals surface area contributed by atoms with E-state index in [0.717, 1.165) is 32.6 Å². The van der Waals surface area contributed by atoms with E-state index in [1.54, 1.807) is 0 Å². The summed E-state index contributed by atoms with van der Waals surface area (Å²) >= 11 is 0.0323. The van der Waals surface area contributed by atoms with Crippen molar-refractivity contribution in [3.05, 3.63) is 0 Å². The van der Waals surface area contributed by atoms with Crippen LogP contribution in [-0.4, -0.2) is 48.9 Å². The van der Waals surface area contributed by atoms with Gasteiger partial charge in [0.1, 0.15) is 0 Å². The molecule has 16 heavy (non-hydrogen) atoms. The summed E-state index contributed by atoms with van der Waals surface area (Å²) in [4.78, 5) is 2.28. The first kappa shape index (κ1) is 16.1. The summed E-state index contributed by atoms with van der Waals surface area (Å²) < 4.78 is 35.3. The Morgan fingerprint density at radius 2 is 1.81 bits per heavy atom. The maximum absolute atomic E-state index is 11.8. The molecule has 0 aromatic rings. The third-order valence-electron chi connectivity index (χ3n) is 2.14. The molecule has 0 spiro atoms. The summed E-state index contributed by atoms with van der Waals surface area (Å²) in [5.41, 5.74) is -4.10. The van der Waals surface area contributed by atoms with E-state index < -0.39 is 5.51 Å². The molecular formula is C10H21F3N2S. The van der Waals surface area contributed by atoms with Gasteiger partial charge in [-0.1, -0.05) is 13.8 Å². The number of nitrogens with one attached hydrogen (secondary N) is 1. The molecular weight excluding hydrogens is 237 g/mol. The van der Waals surface area contributed by atoms with Crippen molar-refractivity contribution in [2.45, 2.75) is 25.8 Å². The molecule has 0 saturated heterocycles. The smallest absolute Gasteiger partial charge is 0.315 e. The second-order valence-corrected chi connectivity index (χ2v) is 4.64. The number of hydrogen-bond acceptors (Lipinski definition) is 3. The van der Waals surface area contributed by atoms with E-state index >= 15 is 0 Å². The van der Waals surface area contributed by atoms with Crippen molar-refractivity contribution in [2.24, 2.45) is 0 Å². The fourth-order valence-electron chi connectivity index (χ4n) is 1.35. The lowest BCUT2D eigenvalue weighted by molar-refractivity contribution is -0.0327. The van der Waals surface area contributed by atoms with Gasteiger partial charge in [0.25, 0.3) is 0 Å². The Labute approximate surface area is 100.0 Å². The highest BCUT2D eigenvalue weighted by molar-refractivity contribution is 8.00. The largest absolute Gasteiger partial charge is 0.441 e. The number of rotatable bonds is 9. The topological polar surface area (TPSA) is 15.3 Å². The molecule has 0 rings (SSSR count). The van der Waals surface area contributed by atoms with Crippen LogP contribution in [0.3, 0.4) is 0 Å². The van der Waals surface area contributed by atoms with Crippen molar-refractivity contribution in [1.29, 1.82) is 0 Å². The Bertz CT molecular complexity index is 165. The highest BCUT2D eigenvalue weighted by Crippen LogP contribution is 2.29. The van der Waals surface area contributed by atoms with Crippen LogP contribution in [0.2, 0.25) is 0 Å². The molecule has 0 aromatic carbocycles. The Morgan fingerprint density at radius 3 is 2.31 bits per heavy atom. The third kappa shape index (κ3) is 10.6. The Hall–Kier alpha value is 0.0600. The van der Waals surface area contributed by atoms with Gasteiger partial charge in [-0.2, -0.15) is 13.2 Å². The van der Waals surface area contributed by atoms with Gasteiger partial charge in [0, 0.05) is 25.4 Å². The van der Waals surface area contributed by atoms with Gasteiger partial charge in [-0.15, -0.1) is 0 Å². The van der Waals surface area contributed by atoms with E-state index in [0.29, 0.717) is 6.54 Å². The summed E-state index contributed by atoms with van der Waals surface area (Å²) in [5.74, 6) is 0.0867. The molecule has 0 amide bonds. The van der Waals surface area contributed by atoms with Crippen molar-refractivity contribution in [1.82, 2.24) is 10.2 Å². The zero-order valence-corrected chi connectivity index (χ0v) is 10.8. The molecule has 0 radical (unpaired) electrons. The lowest BCUT2D eigenvalue weighted by Crippen LogP contribution is -2.33. The SMILES string of the molecule is CCCN(CC)CCNCCSC(F)(F)F. The summed E-state index contributed by atoms with van der Waals surface area (Å²) in [6.45, 7) is 8.33. The summed E-state index contributed by atoms with van der Waals surface area (Å²) in [6, 6.07) is 0. The minimum absolute atomic E-state index is 0.0323. The van der Waals surface area contributed by atoms with Gasteiger partial charge < -0.3 is 10.2 Å². The van der Waals surface area contributed by atoms with Crippen molar-refractivity contribution in [2.75, 3.05) is 38.5 Å². The van der Waals surface area contributed by atoms with Crippen LogP contribution in [0.5, 0.6) is 0 Å². The van der Waals surface area contributed by atoms with Gasteiger partial charge >= 0.3 is 5.51 Å². The maximum atomic E-state index is 11.8. The lowest BCUT2D eigenvalue weighted by atomic mass is 10.4. The van der Waals surface area contributed by atoms with Crippen LogP contribution in [0.4, 0.5) is 13.2 Å². The molecule has 2 nitrogen and oxygen atoms in total. The van der Waals surface area contributed by atoms with Crippen LogP contribution < -0.4 is 5.32 Å². The minimum atomic E-state index is -4.10. The predicted octanol–water partition coefficient (Wildman–Crippen LogP) is 2.56. The van der Waals surface area contributed by atoms with Crippen molar-refractivity contribution >= 4 is 11.8 Å². The van der Waals surface area contributed by atoms with Crippen LogP contribution in [0.15, 0.2) is 0 Å². The van der Waals surface area contributed by atoms with Crippen LogP contribution in [-0.2, 0) is 0 Å². The summed E-state index contributed by atoms with van der Waals surface area (Å²) in [6.07, 6.45) is 1.11. The molecule has 0 fully saturated rings. The van der Waals surface area contributed by atoms with Gasteiger partial charge in [0.05, 0.1) is 0 Å². The highest BCUT2D eigenvalue weighted by atomic mass is 32.2. The maximum Gasteiger partial charge on any atom is 0.441 e. The molecule has 0 heterocycles. The van der Waals surface area contributed by atoms with Crippen molar-refractivity contribution in [3.63, 3.8) is 0 Å². The number of likely N-dealkylation sites (N-methyl/N-ethyl adjacent to an activating group) is 1. The molecule has 0 atom stereocenters. The zero-order valence-electron chi connectivity index (χ0n) is 9.94. The van der Waals surface area contributed by atoms with E-state index in [9.17, 15) is 13.2 Å². The van der Waals surface area contributed by atoms with E-state index in [1.165, 1.54) is 0 Å². The predicted molar refractivity (Wildman–Crippen MR) is 63.8 cm³/mol.